The van der Waals surface area contributed by atoms with Crippen LogP contribution in [0.3, 0.4) is 0 Å². The maximum Gasteiger partial charge on any atom is 0.255 e. The number of carbonyl (C=O) groups is 1. The van der Waals surface area contributed by atoms with Crippen LogP contribution in [-0.4, -0.2) is 28.0 Å². The fourth-order valence-corrected chi connectivity index (χ4v) is 3.31. The summed E-state index contributed by atoms with van der Waals surface area (Å²) in [7, 11) is 1.65. The molecule has 1 fully saturated rings. The predicted octanol–water partition coefficient (Wildman–Crippen LogP) is 3.24. The molecule has 0 radical (unpaired) electrons. The number of aromatic nitrogens is 3. The molecule has 1 aliphatic carbocycles. The molecular weight excluding hydrogens is 316 g/mol. The SMILES string of the molecule is COc1ccc(C(NC(=O)c2cncc3[nH]cnc23)C2CCC2)cc1. The highest BCUT2D eigenvalue weighted by Gasteiger charge is 2.30. The number of hydrogen-bond donors (Lipinski definition) is 2. The van der Waals surface area contributed by atoms with Gasteiger partial charge in [-0.3, -0.25) is 9.78 Å². The third-order valence-corrected chi connectivity index (χ3v) is 4.96. The van der Waals surface area contributed by atoms with Crippen molar-refractivity contribution in [2.75, 3.05) is 7.11 Å². The molecule has 1 aliphatic rings. The molecule has 6 nitrogen and oxygen atoms in total. The topological polar surface area (TPSA) is 79.9 Å². The molecule has 2 N–H and O–H groups in total. The number of nitrogens with one attached hydrogen (secondary N) is 2. The number of fused-ring (bicyclic) bond motifs is 1. The van der Waals surface area contributed by atoms with Crippen molar-refractivity contribution in [2.24, 2.45) is 5.92 Å². The van der Waals surface area contributed by atoms with E-state index in [1.54, 1.807) is 25.8 Å². The lowest BCUT2D eigenvalue weighted by molar-refractivity contribution is 0.0902. The lowest BCUT2D eigenvalue weighted by Crippen LogP contribution is -2.36. The zero-order valence-corrected chi connectivity index (χ0v) is 14.0. The van der Waals surface area contributed by atoms with E-state index in [1.165, 1.54) is 6.42 Å². The number of imidazole rings is 1. The van der Waals surface area contributed by atoms with Crippen LogP contribution in [0.1, 0.15) is 41.2 Å². The fraction of sp³-hybridized carbons (Fsp3) is 0.316. The summed E-state index contributed by atoms with van der Waals surface area (Å²) in [5.74, 6) is 1.13. The molecule has 1 amide bonds. The monoisotopic (exact) mass is 336 g/mol. The number of methoxy groups -OCH3 is 1. The molecule has 1 saturated carbocycles. The maximum absolute atomic E-state index is 12.9. The Morgan fingerprint density at radius 3 is 2.76 bits per heavy atom. The second-order valence-corrected chi connectivity index (χ2v) is 6.40. The highest BCUT2D eigenvalue weighted by molar-refractivity contribution is 6.04. The molecule has 2 heterocycles. The van der Waals surface area contributed by atoms with E-state index in [2.05, 4.69) is 20.3 Å². The van der Waals surface area contributed by atoms with E-state index in [9.17, 15) is 4.79 Å². The number of amides is 1. The van der Waals surface area contributed by atoms with Crippen molar-refractivity contribution in [1.82, 2.24) is 20.3 Å². The van der Waals surface area contributed by atoms with E-state index in [-0.39, 0.29) is 11.9 Å². The minimum Gasteiger partial charge on any atom is -0.497 e. The Bertz CT molecular complexity index is 884. The molecular formula is C19H20N4O2. The molecule has 0 saturated heterocycles. The summed E-state index contributed by atoms with van der Waals surface area (Å²) in [6.45, 7) is 0. The lowest BCUT2D eigenvalue weighted by Gasteiger charge is -2.34. The number of ether oxygens (including phenoxy) is 1. The minimum absolute atomic E-state index is 0.0126. The number of H-pyrrole nitrogens is 1. The first-order valence-electron chi connectivity index (χ1n) is 8.48. The van der Waals surface area contributed by atoms with Crippen molar-refractivity contribution >= 4 is 16.9 Å². The van der Waals surface area contributed by atoms with Gasteiger partial charge in [0.1, 0.15) is 11.3 Å². The van der Waals surface area contributed by atoms with Crippen LogP contribution in [0.25, 0.3) is 11.0 Å². The summed E-state index contributed by atoms with van der Waals surface area (Å²) in [4.78, 5) is 24.3. The normalized spacial score (nSPS) is 15.6. The average Bonchev–Trinajstić information content (AvgIpc) is 3.08. The van der Waals surface area contributed by atoms with Gasteiger partial charge in [0.15, 0.2) is 0 Å². The van der Waals surface area contributed by atoms with E-state index < -0.39 is 0 Å². The third kappa shape index (κ3) is 2.95. The average molecular weight is 336 g/mol. The molecule has 3 aromatic rings. The number of hydrogen-bond acceptors (Lipinski definition) is 4. The first-order chi connectivity index (χ1) is 12.3. The van der Waals surface area contributed by atoms with Gasteiger partial charge in [-0.2, -0.15) is 0 Å². The summed E-state index contributed by atoms with van der Waals surface area (Å²) >= 11 is 0. The van der Waals surface area contributed by atoms with Crippen molar-refractivity contribution in [3.8, 4) is 5.75 Å². The van der Waals surface area contributed by atoms with Gasteiger partial charge in [0.2, 0.25) is 0 Å². The Hall–Kier alpha value is -2.89. The highest BCUT2D eigenvalue weighted by Crippen LogP contribution is 2.38. The molecule has 2 aromatic heterocycles. The van der Waals surface area contributed by atoms with Crippen LogP contribution < -0.4 is 10.1 Å². The van der Waals surface area contributed by atoms with Crippen molar-refractivity contribution in [3.63, 3.8) is 0 Å². The van der Waals surface area contributed by atoms with Gasteiger partial charge < -0.3 is 15.0 Å². The van der Waals surface area contributed by atoms with Gasteiger partial charge in [-0.25, -0.2) is 4.98 Å². The standard InChI is InChI=1S/C19H20N4O2/c1-25-14-7-5-13(6-8-14)17(12-3-2-4-12)23-19(24)15-9-20-10-16-18(15)22-11-21-16/h5-12,17H,2-4H2,1H3,(H,21,22)(H,23,24). The lowest BCUT2D eigenvalue weighted by atomic mass is 9.77. The van der Waals surface area contributed by atoms with E-state index >= 15 is 0 Å². The zero-order chi connectivity index (χ0) is 17.2. The zero-order valence-electron chi connectivity index (χ0n) is 14.0. The fourth-order valence-electron chi connectivity index (χ4n) is 3.31. The highest BCUT2D eigenvalue weighted by atomic mass is 16.5. The number of pyridine rings is 1. The molecule has 4 rings (SSSR count). The number of carbonyl (C=O) groups excluding carboxylic acids is 1. The summed E-state index contributed by atoms with van der Waals surface area (Å²) in [5, 5.41) is 3.20. The Morgan fingerprint density at radius 1 is 1.28 bits per heavy atom. The molecule has 25 heavy (non-hydrogen) atoms. The Kier molecular flexibility index (Phi) is 4.09. The molecule has 1 unspecified atom stereocenters. The van der Waals surface area contributed by atoms with Crippen LogP contribution in [0.5, 0.6) is 5.75 Å². The number of benzene rings is 1. The quantitative estimate of drug-likeness (QED) is 0.749. The number of aromatic amines is 1. The Labute approximate surface area is 145 Å². The van der Waals surface area contributed by atoms with Crippen LogP contribution in [0.4, 0.5) is 0 Å². The first-order valence-corrected chi connectivity index (χ1v) is 8.48. The maximum atomic E-state index is 12.9. The molecule has 0 bridgehead atoms. The van der Waals surface area contributed by atoms with Crippen molar-refractivity contribution < 1.29 is 9.53 Å². The smallest absolute Gasteiger partial charge is 0.255 e. The van der Waals surface area contributed by atoms with E-state index in [0.29, 0.717) is 17.0 Å². The molecule has 6 heteroatoms. The van der Waals surface area contributed by atoms with E-state index in [4.69, 9.17) is 4.74 Å². The Morgan fingerprint density at radius 2 is 2.08 bits per heavy atom. The van der Waals surface area contributed by atoms with Gasteiger partial charge in [-0.1, -0.05) is 18.6 Å². The van der Waals surface area contributed by atoms with Gasteiger partial charge in [0, 0.05) is 6.20 Å². The van der Waals surface area contributed by atoms with Gasteiger partial charge in [0.05, 0.1) is 36.8 Å². The summed E-state index contributed by atoms with van der Waals surface area (Å²) in [6.07, 6.45) is 8.29. The van der Waals surface area contributed by atoms with Gasteiger partial charge in [-0.15, -0.1) is 0 Å². The van der Waals surface area contributed by atoms with Crippen LogP contribution in [0, 0.1) is 5.92 Å². The van der Waals surface area contributed by atoms with Crippen LogP contribution in [0.15, 0.2) is 43.0 Å². The van der Waals surface area contributed by atoms with E-state index in [1.807, 2.05) is 24.3 Å². The molecule has 0 spiro atoms. The van der Waals surface area contributed by atoms with Crippen LogP contribution >= 0.6 is 0 Å². The second-order valence-electron chi connectivity index (χ2n) is 6.40. The molecule has 128 valence electrons. The predicted molar refractivity (Wildman–Crippen MR) is 94.4 cm³/mol. The van der Waals surface area contributed by atoms with Gasteiger partial charge in [0.25, 0.3) is 5.91 Å². The molecule has 1 atom stereocenters. The first kappa shape index (κ1) is 15.6. The summed E-state index contributed by atoms with van der Waals surface area (Å²) in [6, 6.07) is 7.90. The largest absolute Gasteiger partial charge is 0.497 e. The van der Waals surface area contributed by atoms with Crippen molar-refractivity contribution in [1.29, 1.82) is 0 Å². The molecule has 0 aliphatic heterocycles. The summed E-state index contributed by atoms with van der Waals surface area (Å²) in [5.41, 5.74) is 3.00. The second kappa shape index (κ2) is 6.55. The number of nitrogens with zero attached hydrogens (tertiary/aromatic N) is 2. The number of rotatable bonds is 5. The van der Waals surface area contributed by atoms with Crippen molar-refractivity contribution in [2.45, 2.75) is 25.3 Å². The van der Waals surface area contributed by atoms with Crippen molar-refractivity contribution in [3.05, 3.63) is 54.1 Å². The third-order valence-electron chi connectivity index (χ3n) is 4.96. The van der Waals surface area contributed by atoms with Crippen LogP contribution in [0.2, 0.25) is 0 Å². The summed E-state index contributed by atoms with van der Waals surface area (Å²) < 4.78 is 5.23. The van der Waals surface area contributed by atoms with Gasteiger partial charge in [-0.05, 0) is 36.5 Å². The van der Waals surface area contributed by atoms with Crippen LogP contribution in [-0.2, 0) is 0 Å². The van der Waals surface area contributed by atoms with E-state index in [0.717, 1.165) is 29.7 Å². The Balaban J connectivity index is 1.62. The van der Waals surface area contributed by atoms with Gasteiger partial charge >= 0.3 is 0 Å². The minimum atomic E-state index is -0.141. The molecule has 1 aromatic carbocycles.